The molecule has 0 aromatic heterocycles. The summed E-state index contributed by atoms with van der Waals surface area (Å²) in [6, 6.07) is -1.19. The molecule has 8 N–H and O–H groups in total. The van der Waals surface area contributed by atoms with Crippen molar-refractivity contribution >= 4 is 5.91 Å². The summed E-state index contributed by atoms with van der Waals surface area (Å²) in [5.74, 6) is -0.704. The third-order valence-electron chi connectivity index (χ3n) is 19.1. The fraction of sp³-hybridized carbons (Fsp3) is 0.911. The topological polar surface area (TPSA) is 189 Å². The van der Waals surface area contributed by atoms with Gasteiger partial charge in [-0.15, -0.1) is 0 Å². The summed E-state index contributed by atoms with van der Waals surface area (Å²) >= 11 is 0. The monoisotopic (exact) mass is 1270 g/mol. The second-order valence-electron chi connectivity index (χ2n) is 27.8. The highest BCUT2D eigenvalue weighted by Crippen LogP contribution is 2.24. The first-order valence-electron chi connectivity index (χ1n) is 39.4. The first-order chi connectivity index (χ1) is 44.2. The smallest absolute Gasteiger partial charge is 0.249 e. The predicted molar refractivity (Wildman–Crippen MR) is 381 cm³/mol. The Morgan fingerprint density at radius 3 is 0.989 bits per heavy atom. The molecule has 9 unspecified atom stereocenters. The number of allylic oxidation sites excluding steroid dienone is 6. The van der Waals surface area contributed by atoms with E-state index in [1.54, 1.807) is 0 Å². The van der Waals surface area contributed by atoms with Gasteiger partial charge in [0.05, 0.1) is 25.4 Å². The molecular formula is C79H151NO10. The van der Waals surface area contributed by atoms with Crippen molar-refractivity contribution in [3.8, 4) is 0 Å². The van der Waals surface area contributed by atoms with Gasteiger partial charge in [-0.2, -0.15) is 0 Å². The van der Waals surface area contributed by atoms with E-state index in [0.717, 1.165) is 38.5 Å². The van der Waals surface area contributed by atoms with E-state index >= 15 is 0 Å². The molecule has 0 bridgehead atoms. The zero-order valence-corrected chi connectivity index (χ0v) is 59.1. The standard InChI is InChI=1S/C79H151NO10/c1-3-5-7-9-11-13-15-17-19-21-23-25-27-29-31-33-34-35-36-37-39-41-43-45-47-49-51-53-55-57-59-61-63-65-67-72(83)78(88)80-70(69-89-79-77(87)76(86)75(85)73(68-81)90-79)74(84)71(82)66-64-62-60-58-56-54-52-50-48-46-44-42-40-38-32-30-28-26-24-22-20-18-16-14-12-10-8-6-4-2/h33-34,50,52,58,60,70-77,79,81-87H,3-32,35-49,51,53-57,59,61-69H2,1-2H3,(H,80,88)/b34-33-,52-50+,60-58+. The van der Waals surface area contributed by atoms with E-state index in [2.05, 4.69) is 55.6 Å². The largest absolute Gasteiger partial charge is 0.394 e. The molecule has 1 heterocycles. The Kier molecular flexibility index (Phi) is 64.6. The molecule has 0 spiro atoms. The van der Waals surface area contributed by atoms with Crippen molar-refractivity contribution in [3.63, 3.8) is 0 Å². The number of unbranched alkanes of at least 4 members (excludes halogenated alkanes) is 52. The highest BCUT2D eigenvalue weighted by Gasteiger charge is 2.44. The van der Waals surface area contributed by atoms with Crippen LogP contribution in [0.4, 0.5) is 0 Å². The lowest BCUT2D eigenvalue weighted by Gasteiger charge is -2.40. The van der Waals surface area contributed by atoms with E-state index < -0.39 is 74.2 Å². The van der Waals surface area contributed by atoms with E-state index in [1.807, 2.05) is 0 Å². The van der Waals surface area contributed by atoms with Crippen LogP contribution in [0.2, 0.25) is 0 Å². The second kappa shape index (κ2) is 67.3. The minimum absolute atomic E-state index is 0.248. The van der Waals surface area contributed by atoms with E-state index in [-0.39, 0.29) is 12.8 Å². The summed E-state index contributed by atoms with van der Waals surface area (Å²) < 4.78 is 11.2. The lowest BCUT2D eigenvalue weighted by molar-refractivity contribution is -0.303. The van der Waals surface area contributed by atoms with Crippen LogP contribution in [0.1, 0.15) is 393 Å². The summed E-state index contributed by atoms with van der Waals surface area (Å²) in [5, 5.41) is 76.6. The van der Waals surface area contributed by atoms with Gasteiger partial charge in [-0.3, -0.25) is 4.79 Å². The van der Waals surface area contributed by atoms with Gasteiger partial charge in [0.1, 0.15) is 36.6 Å². The van der Waals surface area contributed by atoms with Crippen LogP contribution in [0.3, 0.4) is 0 Å². The molecule has 1 amide bonds. The van der Waals surface area contributed by atoms with Crippen molar-refractivity contribution < 1.29 is 50.0 Å². The van der Waals surface area contributed by atoms with Crippen LogP contribution >= 0.6 is 0 Å². The van der Waals surface area contributed by atoms with Gasteiger partial charge in [0.25, 0.3) is 0 Å². The van der Waals surface area contributed by atoms with Crippen LogP contribution < -0.4 is 5.32 Å². The average molecular weight is 1280 g/mol. The van der Waals surface area contributed by atoms with Crippen LogP contribution in [0, 0.1) is 0 Å². The van der Waals surface area contributed by atoms with E-state index in [0.29, 0.717) is 19.3 Å². The van der Waals surface area contributed by atoms with Crippen molar-refractivity contribution in [2.24, 2.45) is 0 Å². The van der Waals surface area contributed by atoms with Gasteiger partial charge in [0.15, 0.2) is 6.29 Å². The van der Waals surface area contributed by atoms with Crippen LogP contribution in [-0.4, -0.2) is 110 Å². The quantitative estimate of drug-likeness (QED) is 0.0215. The number of aliphatic hydroxyl groups excluding tert-OH is 7. The van der Waals surface area contributed by atoms with E-state index in [4.69, 9.17) is 9.47 Å². The van der Waals surface area contributed by atoms with Gasteiger partial charge in [0.2, 0.25) is 5.91 Å². The molecule has 11 nitrogen and oxygen atoms in total. The second-order valence-corrected chi connectivity index (χ2v) is 27.8. The summed E-state index contributed by atoms with van der Waals surface area (Å²) in [7, 11) is 0. The maximum atomic E-state index is 13.3. The lowest BCUT2D eigenvalue weighted by Crippen LogP contribution is -2.60. The molecule has 0 aromatic rings. The fourth-order valence-electron chi connectivity index (χ4n) is 12.9. The van der Waals surface area contributed by atoms with Gasteiger partial charge >= 0.3 is 0 Å². The number of carbonyl (C=O) groups is 1. The molecule has 0 aliphatic carbocycles. The maximum absolute atomic E-state index is 13.3. The number of hydrogen-bond donors (Lipinski definition) is 8. The molecule has 0 radical (unpaired) electrons. The third-order valence-corrected chi connectivity index (χ3v) is 19.1. The minimum Gasteiger partial charge on any atom is -0.394 e. The molecule has 9 atom stereocenters. The molecule has 0 aromatic carbocycles. The van der Waals surface area contributed by atoms with Gasteiger partial charge in [-0.25, -0.2) is 0 Å². The highest BCUT2D eigenvalue weighted by molar-refractivity contribution is 5.80. The van der Waals surface area contributed by atoms with Crippen molar-refractivity contribution in [2.45, 2.75) is 448 Å². The Bertz CT molecular complexity index is 1560. The van der Waals surface area contributed by atoms with Crippen LogP contribution in [-0.2, 0) is 14.3 Å². The summed E-state index contributed by atoms with van der Waals surface area (Å²) in [6.07, 6.45) is 76.9. The van der Waals surface area contributed by atoms with E-state index in [1.165, 1.54) is 308 Å². The molecule has 0 saturated carbocycles. The van der Waals surface area contributed by atoms with Gasteiger partial charge in [-0.1, -0.05) is 352 Å². The molecular weight excluding hydrogens is 1120 g/mol. The zero-order valence-electron chi connectivity index (χ0n) is 59.1. The number of carbonyl (C=O) groups excluding carboxylic acids is 1. The summed E-state index contributed by atoms with van der Waals surface area (Å²) in [4.78, 5) is 13.3. The molecule has 90 heavy (non-hydrogen) atoms. The minimum atomic E-state index is -1.67. The number of nitrogens with one attached hydrogen (secondary N) is 1. The number of hydrogen-bond acceptors (Lipinski definition) is 10. The third kappa shape index (κ3) is 53.6. The molecule has 1 fully saturated rings. The van der Waals surface area contributed by atoms with Gasteiger partial charge < -0.3 is 50.5 Å². The number of rotatable bonds is 70. The van der Waals surface area contributed by atoms with Crippen molar-refractivity contribution in [1.29, 1.82) is 0 Å². The van der Waals surface area contributed by atoms with Crippen molar-refractivity contribution in [1.82, 2.24) is 5.32 Å². The Morgan fingerprint density at radius 1 is 0.378 bits per heavy atom. The predicted octanol–water partition coefficient (Wildman–Crippen LogP) is 20.1. The summed E-state index contributed by atoms with van der Waals surface area (Å²) in [6.45, 7) is 3.51. The first kappa shape index (κ1) is 86.3. The Hall–Kier alpha value is -1.67. The highest BCUT2D eigenvalue weighted by atomic mass is 16.7. The first-order valence-corrected chi connectivity index (χ1v) is 39.4. The van der Waals surface area contributed by atoms with Gasteiger partial charge in [-0.05, 0) is 77.0 Å². The normalized spacial score (nSPS) is 18.6. The van der Waals surface area contributed by atoms with Crippen molar-refractivity contribution in [2.75, 3.05) is 13.2 Å². The molecule has 1 aliphatic rings. The van der Waals surface area contributed by atoms with Crippen molar-refractivity contribution in [3.05, 3.63) is 36.5 Å². The van der Waals surface area contributed by atoms with Crippen LogP contribution in [0.25, 0.3) is 0 Å². The molecule has 1 saturated heterocycles. The molecule has 11 heteroatoms. The van der Waals surface area contributed by atoms with E-state index in [9.17, 15) is 40.5 Å². The average Bonchev–Trinajstić information content (AvgIpc) is 1.22. The number of amides is 1. The van der Waals surface area contributed by atoms with Crippen LogP contribution in [0.15, 0.2) is 36.5 Å². The number of ether oxygens (including phenoxy) is 2. The maximum Gasteiger partial charge on any atom is 0.249 e. The lowest BCUT2D eigenvalue weighted by atomic mass is 9.98. The SMILES string of the molecule is CCCCCCCCCCCCCCCC/C=C\CCCCCCCCCCCCCCCCCCC(O)C(=O)NC(COC1OC(CO)C(O)C(O)C1O)C(O)C(O)CCC/C=C/CC/C=C/CCCCCCCCCCCCCCCCCCCCCC. The molecule has 1 rings (SSSR count). The number of aliphatic hydroxyl groups is 7. The fourth-order valence-corrected chi connectivity index (χ4v) is 12.9. The summed E-state index contributed by atoms with van der Waals surface area (Å²) in [5.41, 5.74) is 0. The Morgan fingerprint density at radius 2 is 0.667 bits per heavy atom. The molecule has 1 aliphatic heterocycles. The Balaban J connectivity index is 2.16. The van der Waals surface area contributed by atoms with Crippen LogP contribution in [0.5, 0.6) is 0 Å². The zero-order chi connectivity index (χ0) is 65.3. The Labute approximate surface area is 556 Å². The van der Waals surface area contributed by atoms with Gasteiger partial charge in [0, 0.05) is 0 Å². The molecule has 532 valence electrons.